The van der Waals surface area contributed by atoms with Gasteiger partial charge in [0.05, 0.1) is 12.7 Å². The summed E-state index contributed by atoms with van der Waals surface area (Å²) >= 11 is 0. The quantitative estimate of drug-likeness (QED) is 0.827. The van der Waals surface area contributed by atoms with E-state index in [9.17, 15) is 14.4 Å². The summed E-state index contributed by atoms with van der Waals surface area (Å²) in [7, 11) is 1.30. The molecule has 1 aromatic carbocycles. The molecule has 0 aliphatic rings. The highest BCUT2D eigenvalue weighted by Gasteiger charge is 2.23. The smallest absolute Gasteiger partial charge is 0.340 e. The first-order chi connectivity index (χ1) is 12.1. The number of esters is 2. The number of ether oxygens (including phenoxy) is 2. The number of methoxy groups -OCH3 is 1. The Bertz CT molecular complexity index is 832. The maximum atomic E-state index is 12.2. The molecule has 2 rings (SSSR count). The second-order valence-electron chi connectivity index (χ2n) is 7.05. The summed E-state index contributed by atoms with van der Waals surface area (Å²) in [5.74, 6) is -1.41. The number of aromatic nitrogens is 1. The number of fused-ring (bicyclic) bond motifs is 1. The van der Waals surface area contributed by atoms with Crippen molar-refractivity contribution in [2.45, 2.75) is 45.9 Å². The van der Waals surface area contributed by atoms with Crippen molar-refractivity contribution < 1.29 is 23.9 Å². The maximum absolute atomic E-state index is 12.2. The molecule has 0 aliphatic carbocycles. The molecular weight excluding hydrogens is 336 g/mol. The Kier molecular flexibility index (Phi) is 5.69. The molecule has 2 aromatic rings. The molecule has 0 bridgehead atoms. The van der Waals surface area contributed by atoms with E-state index in [0.717, 1.165) is 0 Å². The molecule has 1 heterocycles. The summed E-state index contributed by atoms with van der Waals surface area (Å²) in [5, 5.41) is 3.45. The predicted molar refractivity (Wildman–Crippen MR) is 96.7 cm³/mol. The summed E-state index contributed by atoms with van der Waals surface area (Å²) in [6.45, 7) is 6.94. The third-order valence-electron chi connectivity index (χ3n) is 3.67. The molecule has 7 nitrogen and oxygen atoms in total. The minimum atomic E-state index is -0.913. The molecule has 0 spiro atoms. The van der Waals surface area contributed by atoms with E-state index < -0.39 is 23.6 Å². The first kappa shape index (κ1) is 19.5. The summed E-state index contributed by atoms with van der Waals surface area (Å²) < 4.78 is 11.6. The molecule has 140 valence electrons. The Balaban J connectivity index is 2.14. The molecule has 26 heavy (non-hydrogen) atoms. The number of nitrogens with one attached hydrogen (secondary N) is 1. The Hall–Kier alpha value is -2.83. The van der Waals surface area contributed by atoms with Crippen LogP contribution in [0.15, 0.2) is 30.5 Å². The van der Waals surface area contributed by atoms with Crippen molar-refractivity contribution in [1.29, 1.82) is 0 Å². The fourth-order valence-corrected chi connectivity index (χ4v) is 2.55. The van der Waals surface area contributed by atoms with Crippen molar-refractivity contribution in [2.75, 3.05) is 7.11 Å². The fourth-order valence-electron chi connectivity index (χ4n) is 2.55. The molecule has 1 atom stereocenters. The van der Waals surface area contributed by atoms with Gasteiger partial charge in [0.2, 0.25) is 0 Å². The van der Waals surface area contributed by atoms with Gasteiger partial charge in [-0.2, -0.15) is 0 Å². The predicted octanol–water partition coefficient (Wildman–Crippen LogP) is 2.27. The van der Waals surface area contributed by atoms with Crippen molar-refractivity contribution in [3.8, 4) is 0 Å². The largest absolute Gasteiger partial charge is 0.465 e. The summed E-state index contributed by atoms with van der Waals surface area (Å²) in [5.41, 5.74) is 0.662. The standard InChI is InChI=1S/C19H24N2O5/c1-12(17(23)20-19(2,3)4)26-16(22)11-21-10-14(18(24)25-5)13-8-6-7-9-15(13)21/h6-10,12H,11H2,1-5H3,(H,20,23). The van der Waals surface area contributed by atoms with Crippen molar-refractivity contribution in [3.63, 3.8) is 0 Å². The molecule has 1 aromatic heterocycles. The minimum Gasteiger partial charge on any atom is -0.465 e. The molecule has 0 aliphatic heterocycles. The number of carbonyl (C=O) groups excluding carboxylic acids is 3. The average molecular weight is 360 g/mol. The van der Waals surface area contributed by atoms with Crippen LogP contribution in [0.1, 0.15) is 38.1 Å². The van der Waals surface area contributed by atoms with Crippen molar-refractivity contribution >= 4 is 28.7 Å². The molecule has 1 N–H and O–H groups in total. The topological polar surface area (TPSA) is 86.6 Å². The lowest BCUT2D eigenvalue weighted by atomic mass is 10.1. The fraction of sp³-hybridized carbons (Fsp3) is 0.421. The van der Waals surface area contributed by atoms with Crippen molar-refractivity contribution in [1.82, 2.24) is 9.88 Å². The second-order valence-corrected chi connectivity index (χ2v) is 7.05. The maximum Gasteiger partial charge on any atom is 0.340 e. The Morgan fingerprint density at radius 2 is 1.85 bits per heavy atom. The van der Waals surface area contributed by atoms with Gasteiger partial charge in [-0.1, -0.05) is 18.2 Å². The number of hydrogen-bond acceptors (Lipinski definition) is 5. The van der Waals surface area contributed by atoms with Gasteiger partial charge in [0.1, 0.15) is 6.54 Å². The lowest BCUT2D eigenvalue weighted by molar-refractivity contribution is -0.155. The zero-order valence-electron chi connectivity index (χ0n) is 15.7. The van der Waals surface area contributed by atoms with Gasteiger partial charge in [-0.3, -0.25) is 9.59 Å². The van der Waals surface area contributed by atoms with Gasteiger partial charge in [-0.05, 0) is 33.8 Å². The molecule has 0 saturated heterocycles. The van der Waals surface area contributed by atoms with Crippen LogP contribution in [0.4, 0.5) is 0 Å². The monoisotopic (exact) mass is 360 g/mol. The zero-order chi connectivity index (χ0) is 19.5. The molecular formula is C19H24N2O5. The van der Waals surface area contributed by atoms with E-state index in [4.69, 9.17) is 9.47 Å². The molecule has 1 amide bonds. The molecule has 1 unspecified atom stereocenters. The van der Waals surface area contributed by atoms with Gasteiger partial charge in [0.25, 0.3) is 5.91 Å². The Labute approximate surface area is 152 Å². The van der Waals surface area contributed by atoms with Gasteiger partial charge >= 0.3 is 11.9 Å². The van der Waals surface area contributed by atoms with Crippen LogP contribution in [0.2, 0.25) is 0 Å². The number of hydrogen-bond donors (Lipinski definition) is 1. The number of nitrogens with zero attached hydrogens (tertiary/aromatic N) is 1. The van der Waals surface area contributed by atoms with Crippen molar-refractivity contribution in [2.24, 2.45) is 0 Å². The Morgan fingerprint density at radius 3 is 2.46 bits per heavy atom. The van der Waals surface area contributed by atoms with E-state index in [1.54, 1.807) is 29.0 Å². The highest BCUT2D eigenvalue weighted by molar-refractivity contribution is 6.04. The van der Waals surface area contributed by atoms with Crippen LogP contribution in [0.25, 0.3) is 10.9 Å². The first-order valence-electron chi connectivity index (χ1n) is 8.30. The molecule has 0 saturated carbocycles. The first-order valence-corrected chi connectivity index (χ1v) is 8.30. The van der Waals surface area contributed by atoms with E-state index in [0.29, 0.717) is 16.5 Å². The molecule has 0 fully saturated rings. The lowest BCUT2D eigenvalue weighted by Gasteiger charge is -2.23. The number of amides is 1. The summed E-state index contributed by atoms with van der Waals surface area (Å²) in [6.07, 6.45) is 0.640. The normalized spacial score (nSPS) is 12.5. The van der Waals surface area contributed by atoms with Crippen LogP contribution in [0.3, 0.4) is 0 Å². The second kappa shape index (κ2) is 7.59. The number of rotatable bonds is 5. The average Bonchev–Trinajstić information content (AvgIpc) is 2.91. The van der Waals surface area contributed by atoms with Gasteiger partial charge < -0.3 is 19.4 Å². The van der Waals surface area contributed by atoms with Crippen LogP contribution in [0, 0.1) is 0 Å². The third-order valence-corrected chi connectivity index (χ3v) is 3.67. The van der Waals surface area contributed by atoms with Crippen LogP contribution >= 0.6 is 0 Å². The number of para-hydroxylation sites is 1. The minimum absolute atomic E-state index is 0.120. The SMILES string of the molecule is COC(=O)c1cn(CC(=O)OC(C)C(=O)NC(C)(C)C)c2ccccc12. The van der Waals surface area contributed by atoms with E-state index in [1.165, 1.54) is 14.0 Å². The molecule has 7 heteroatoms. The number of benzene rings is 1. The van der Waals surface area contributed by atoms with E-state index >= 15 is 0 Å². The van der Waals surface area contributed by atoms with Crippen LogP contribution < -0.4 is 5.32 Å². The van der Waals surface area contributed by atoms with Crippen LogP contribution in [-0.2, 0) is 25.6 Å². The van der Waals surface area contributed by atoms with Crippen LogP contribution in [0.5, 0.6) is 0 Å². The van der Waals surface area contributed by atoms with E-state index in [-0.39, 0.29) is 12.5 Å². The van der Waals surface area contributed by atoms with Gasteiger partial charge in [0.15, 0.2) is 6.10 Å². The van der Waals surface area contributed by atoms with E-state index in [1.807, 2.05) is 26.8 Å². The third kappa shape index (κ3) is 4.62. The lowest BCUT2D eigenvalue weighted by Crippen LogP contribution is -2.46. The summed E-state index contributed by atoms with van der Waals surface area (Å²) in [4.78, 5) is 36.2. The summed E-state index contributed by atoms with van der Waals surface area (Å²) in [6, 6.07) is 7.19. The van der Waals surface area contributed by atoms with E-state index in [2.05, 4.69) is 5.32 Å². The Morgan fingerprint density at radius 1 is 1.19 bits per heavy atom. The number of carbonyl (C=O) groups is 3. The van der Waals surface area contributed by atoms with Crippen LogP contribution in [-0.4, -0.2) is 41.2 Å². The van der Waals surface area contributed by atoms with Crippen molar-refractivity contribution in [3.05, 3.63) is 36.0 Å². The highest BCUT2D eigenvalue weighted by Crippen LogP contribution is 2.22. The van der Waals surface area contributed by atoms with Gasteiger partial charge in [-0.15, -0.1) is 0 Å². The van der Waals surface area contributed by atoms with Gasteiger partial charge in [-0.25, -0.2) is 4.79 Å². The van der Waals surface area contributed by atoms with Gasteiger partial charge in [0, 0.05) is 22.6 Å². The highest BCUT2D eigenvalue weighted by atomic mass is 16.5. The molecule has 0 radical (unpaired) electrons. The zero-order valence-corrected chi connectivity index (χ0v) is 15.7.